The summed E-state index contributed by atoms with van der Waals surface area (Å²) in [6.45, 7) is 8.15. The van der Waals surface area contributed by atoms with Crippen molar-refractivity contribution in [2.24, 2.45) is 0 Å². The maximum Gasteiger partial charge on any atom is 0.146 e. The second-order valence-corrected chi connectivity index (χ2v) is 11.8. The lowest BCUT2D eigenvalue weighted by atomic mass is 9.95. The molecule has 7 aromatic carbocycles. The van der Waals surface area contributed by atoms with Crippen molar-refractivity contribution in [1.82, 2.24) is 9.38 Å². The second kappa shape index (κ2) is 9.77. The molecule has 0 N–H and O–H groups in total. The van der Waals surface area contributed by atoms with Crippen LogP contribution < -0.4 is 0 Å². The lowest BCUT2D eigenvalue weighted by Gasteiger charge is -2.13. The number of aromatic nitrogens is 2. The predicted molar refractivity (Wildman–Crippen MR) is 194 cm³/mol. The number of imidazole rings is 1. The van der Waals surface area contributed by atoms with Gasteiger partial charge in [-0.25, -0.2) is 4.98 Å². The Labute approximate surface area is 260 Å². The van der Waals surface area contributed by atoms with Gasteiger partial charge in [0.05, 0.1) is 16.9 Å². The van der Waals surface area contributed by atoms with E-state index in [1.807, 2.05) is 12.2 Å². The zero-order chi connectivity index (χ0) is 30.1. The van der Waals surface area contributed by atoms with Gasteiger partial charge in [0, 0.05) is 10.8 Å². The van der Waals surface area contributed by atoms with Crippen LogP contribution >= 0.6 is 0 Å². The largest absolute Gasteiger partial charge is 0.292 e. The molecule has 2 heteroatoms. The Morgan fingerprint density at radius 1 is 0.444 bits per heavy atom. The Balaban J connectivity index is 1.22. The van der Waals surface area contributed by atoms with E-state index in [9.17, 15) is 0 Å². The highest BCUT2D eigenvalue weighted by Crippen LogP contribution is 2.37. The maximum absolute atomic E-state index is 5.03. The topological polar surface area (TPSA) is 17.3 Å². The van der Waals surface area contributed by atoms with E-state index < -0.39 is 0 Å². The normalized spacial score (nSPS) is 11.7. The first-order valence-electron chi connectivity index (χ1n) is 15.3. The number of pyridine rings is 1. The van der Waals surface area contributed by atoms with E-state index in [0.717, 1.165) is 27.9 Å². The molecule has 0 fully saturated rings. The Morgan fingerprint density at radius 3 is 1.58 bits per heavy atom. The van der Waals surface area contributed by atoms with Gasteiger partial charge < -0.3 is 0 Å². The fraction of sp³-hybridized carbons (Fsp3) is 0. The molecule has 0 unspecified atom stereocenters. The van der Waals surface area contributed by atoms with Gasteiger partial charge in [-0.15, -0.1) is 0 Å². The van der Waals surface area contributed by atoms with Crippen LogP contribution in [-0.4, -0.2) is 9.38 Å². The first-order chi connectivity index (χ1) is 22.2. The highest BCUT2D eigenvalue weighted by atomic mass is 15.0. The van der Waals surface area contributed by atoms with E-state index in [4.69, 9.17) is 4.98 Å². The average molecular weight is 573 g/mol. The van der Waals surface area contributed by atoms with Gasteiger partial charge in [-0.05, 0) is 115 Å². The third-order valence-corrected chi connectivity index (χ3v) is 9.24. The van der Waals surface area contributed by atoms with Gasteiger partial charge >= 0.3 is 0 Å². The molecule has 2 nitrogen and oxygen atoms in total. The van der Waals surface area contributed by atoms with Crippen LogP contribution in [0, 0.1) is 0 Å². The SMILES string of the molecule is C=Cc1nc2c3ccc(-c4ccc5cc(-c6ccc7ccccc7c6)ccc5c4)cc3c3cc4ccccc4cc3n2c1C=C. The van der Waals surface area contributed by atoms with Crippen molar-refractivity contribution < 1.29 is 0 Å². The zero-order valence-electron chi connectivity index (χ0n) is 24.7. The predicted octanol–water partition coefficient (Wildman–Crippen LogP) is 11.7. The molecule has 9 aromatic rings. The monoisotopic (exact) mass is 572 g/mol. The van der Waals surface area contributed by atoms with E-state index in [1.165, 1.54) is 65.3 Å². The average Bonchev–Trinajstić information content (AvgIpc) is 3.49. The summed E-state index contributed by atoms with van der Waals surface area (Å²) >= 11 is 0. The minimum absolute atomic E-state index is 0.841. The number of benzene rings is 7. The smallest absolute Gasteiger partial charge is 0.146 e. The molecule has 2 aromatic heterocycles. The quantitative estimate of drug-likeness (QED) is 0.151. The minimum Gasteiger partial charge on any atom is -0.292 e. The van der Waals surface area contributed by atoms with Crippen LogP contribution in [0.4, 0.5) is 0 Å². The van der Waals surface area contributed by atoms with Gasteiger partial charge in [0.2, 0.25) is 0 Å². The molecular weight excluding hydrogens is 544 g/mol. The molecule has 45 heavy (non-hydrogen) atoms. The number of fused-ring (bicyclic) bond motifs is 9. The number of nitrogens with zero attached hydrogens (tertiary/aromatic N) is 2. The molecule has 210 valence electrons. The number of hydrogen-bond acceptors (Lipinski definition) is 1. The minimum atomic E-state index is 0.841. The fourth-order valence-corrected chi connectivity index (χ4v) is 6.97. The van der Waals surface area contributed by atoms with Gasteiger partial charge in [-0.3, -0.25) is 4.40 Å². The van der Waals surface area contributed by atoms with E-state index in [2.05, 4.69) is 151 Å². The van der Waals surface area contributed by atoms with Crippen molar-refractivity contribution in [2.75, 3.05) is 0 Å². The third kappa shape index (κ3) is 3.93. The summed E-state index contributed by atoms with van der Waals surface area (Å²) in [5.41, 5.74) is 8.68. The molecule has 0 spiro atoms. The first kappa shape index (κ1) is 25.5. The highest BCUT2D eigenvalue weighted by molar-refractivity contribution is 6.16. The summed E-state index contributed by atoms with van der Waals surface area (Å²) in [7, 11) is 0. The van der Waals surface area contributed by atoms with Crippen LogP contribution in [0.3, 0.4) is 0 Å². The second-order valence-electron chi connectivity index (χ2n) is 11.8. The van der Waals surface area contributed by atoms with Gasteiger partial charge in [0.25, 0.3) is 0 Å². The van der Waals surface area contributed by atoms with Crippen LogP contribution in [0.15, 0.2) is 147 Å². The van der Waals surface area contributed by atoms with E-state index >= 15 is 0 Å². The molecule has 0 saturated heterocycles. The van der Waals surface area contributed by atoms with Crippen molar-refractivity contribution in [2.45, 2.75) is 0 Å². The Kier molecular flexibility index (Phi) is 5.54. The van der Waals surface area contributed by atoms with Crippen LogP contribution in [0.5, 0.6) is 0 Å². The molecule has 2 heterocycles. The summed E-state index contributed by atoms with van der Waals surface area (Å²) in [5, 5.41) is 10.9. The van der Waals surface area contributed by atoms with Gasteiger partial charge in [-0.2, -0.15) is 0 Å². The van der Waals surface area contributed by atoms with Crippen LogP contribution in [-0.2, 0) is 0 Å². The van der Waals surface area contributed by atoms with Crippen molar-refractivity contribution in [3.8, 4) is 22.3 Å². The van der Waals surface area contributed by atoms with Gasteiger partial charge in [0.1, 0.15) is 5.65 Å². The van der Waals surface area contributed by atoms with E-state index in [0.29, 0.717) is 0 Å². The maximum atomic E-state index is 5.03. The Morgan fingerprint density at radius 2 is 0.956 bits per heavy atom. The third-order valence-electron chi connectivity index (χ3n) is 9.24. The number of rotatable bonds is 4. The molecule has 0 atom stereocenters. The van der Waals surface area contributed by atoms with Crippen molar-refractivity contribution in [3.05, 3.63) is 158 Å². The Bertz CT molecular complexity index is 2690. The molecule has 0 amide bonds. The van der Waals surface area contributed by atoms with Crippen molar-refractivity contribution in [3.63, 3.8) is 0 Å². The Hall–Kier alpha value is -5.99. The van der Waals surface area contributed by atoms with Crippen LogP contribution in [0.1, 0.15) is 11.4 Å². The molecule has 0 saturated carbocycles. The first-order valence-corrected chi connectivity index (χ1v) is 15.3. The van der Waals surface area contributed by atoms with Crippen LogP contribution in [0.25, 0.3) is 94.0 Å². The van der Waals surface area contributed by atoms with Gasteiger partial charge in [0.15, 0.2) is 0 Å². The molecular formula is C43H28N2. The summed E-state index contributed by atoms with van der Waals surface area (Å²) in [4.78, 5) is 5.03. The lowest BCUT2D eigenvalue weighted by Crippen LogP contribution is -1.94. The molecule has 0 bridgehead atoms. The van der Waals surface area contributed by atoms with Crippen molar-refractivity contribution >= 4 is 71.8 Å². The zero-order valence-corrected chi connectivity index (χ0v) is 24.7. The standard InChI is InChI=1S/C43H28N2/c1-3-40-41(4-2)45-42-26-30-12-8-7-11-29(30)25-39(42)38-24-36(19-20-37(38)43(45)44-40)35-18-17-33-22-32(15-16-34(33)23-35)31-14-13-27-9-5-6-10-28(27)21-31/h3-26H,1-2H2. The van der Waals surface area contributed by atoms with Gasteiger partial charge in [-0.1, -0.05) is 104 Å². The number of hydrogen-bond donors (Lipinski definition) is 0. The van der Waals surface area contributed by atoms with Crippen LogP contribution in [0.2, 0.25) is 0 Å². The molecule has 0 aliphatic carbocycles. The summed E-state index contributed by atoms with van der Waals surface area (Å²) in [6, 6.07) is 48.7. The fourth-order valence-electron chi connectivity index (χ4n) is 6.97. The molecule has 9 rings (SSSR count). The summed E-state index contributed by atoms with van der Waals surface area (Å²) < 4.78 is 2.23. The molecule has 0 radical (unpaired) electrons. The molecule has 0 aliphatic heterocycles. The van der Waals surface area contributed by atoms with E-state index in [-0.39, 0.29) is 0 Å². The molecule has 0 aliphatic rings. The van der Waals surface area contributed by atoms with E-state index in [1.54, 1.807) is 0 Å². The lowest BCUT2D eigenvalue weighted by molar-refractivity contribution is 1.25. The summed E-state index contributed by atoms with van der Waals surface area (Å²) in [5.74, 6) is 0. The van der Waals surface area contributed by atoms with Crippen molar-refractivity contribution in [1.29, 1.82) is 0 Å². The summed E-state index contributed by atoms with van der Waals surface area (Å²) in [6.07, 6.45) is 3.70. The highest BCUT2D eigenvalue weighted by Gasteiger charge is 2.17.